The number of hydrogen-bond acceptors (Lipinski definition) is 5. The zero-order chi connectivity index (χ0) is 20.0. The zero-order valence-corrected chi connectivity index (χ0v) is 14.1. The van der Waals surface area contributed by atoms with E-state index in [1.807, 2.05) is 6.07 Å². The van der Waals surface area contributed by atoms with Gasteiger partial charge in [-0.2, -0.15) is 18.4 Å². The molecule has 5 nitrogen and oxygen atoms in total. The largest absolute Gasteiger partial charge is 0.489 e. The summed E-state index contributed by atoms with van der Waals surface area (Å²) in [6.45, 7) is 0.257. The molecule has 27 heavy (non-hydrogen) atoms. The van der Waals surface area contributed by atoms with Crippen molar-refractivity contribution in [3.63, 3.8) is 0 Å². The molecule has 1 aliphatic heterocycles. The van der Waals surface area contributed by atoms with Crippen LogP contribution < -0.4 is 10.5 Å². The van der Waals surface area contributed by atoms with Crippen molar-refractivity contribution in [1.29, 1.82) is 5.26 Å². The topological polar surface area (TPSA) is 92.2 Å². The molecule has 0 bridgehead atoms. The summed E-state index contributed by atoms with van der Waals surface area (Å²) in [4.78, 5) is 3.95. The Morgan fingerprint density at radius 2 is 1.96 bits per heavy atom. The van der Waals surface area contributed by atoms with Crippen molar-refractivity contribution in [2.45, 2.75) is 24.1 Å². The predicted molar refractivity (Wildman–Crippen MR) is 87.1 cm³/mol. The maximum absolute atomic E-state index is 13.5. The number of aliphatic hydroxyl groups is 1. The van der Waals surface area contributed by atoms with Gasteiger partial charge in [-0.05, 0) is 37.3 Å². The molecule has 0 fully saturated rings. The lowest BCUT2D eigenvalue weighted by Crippen LogP contribution is -2.49. The van der Waals surface area contributed by atoms with Crippen LogP contribution in [0.3, 0.4) is 0 Å². The molecule has 0 saturated heterocycles. The molecule has 142 valence electrons. The van der Waals surface area contributed by atoms with E-state index in [0.29, 0.717) is 0 Å². The molecular weight excluding hydrogens is 366 g/mol. The lowest BCUT2D eigenvalue weighted by molar-refractivity contribution is -0.263. The summed E-state index contributed by atoms with van der Waals surface area (Å²) in [6.07, 6.45) is -5.09. The van der Waals surface area contributed by atoms with Gasteiger partial charge in [0.15, 0.2) is 5.75 Å². The summed E-state index contributed by atoms with van der Waals surface area (Å²) in [5, 5.41) is 19.7. The maximum Gasteiger partial charge on any atom is 0.424 e. The number of nitriles is 1. The maximum atomic E-state index is 13.5. The fraction of sp³-hybridized carbons (Fsp3) is 0.333. The fourth-order valence-electron chi connectivity index (χ4n) is 2.86. The normalized spacial score (nSPS) is 21.1. The van der Waals surface area contributed by atoms with Gasteiger partial charge in [-0.1, -0.05) is 0 Å². The van der Waals surface area contributed by atoms with E-state index in [2.05, 4.69) is 4.98 Å². The second-order valence-corrected chi connectivity index (χ2v) is 6.53. The van der Waals surface area contributed by atoms with Gasteiger partial charge in [0.2, 0.25) is 5.60 Å². The smallest absolute Gasteiger partial charge is 0.424 e. The first-order valence-electron chi connectivity index (χ1n) is 7.91. The van der Waals surface area contributed by atoms with Crippen molar-refractivity contribution in [3.8, 4) is 23.1 Å². The molecule has 0 spiro atoms. The van der Waals surface area contributed by atoms with E-state index in [4.69, 9.17) is 10.5 Å². The van der Waals surface area contributed by atoms with Crippen molar-refractivity contribution in [3.05, 3.63) is 47.4 Å². The van der Waals surface area contributed by atoms with Crippen LogP contribution in [0.4, 0.5) is 17.6 Å². The number of aromatic nitrogens is 1. The van der Waals surface area contributed by atoms with Crippen LogP contribution in [0.15, 0.2) is 30.3 Å². The minimum absolute atomic E-state index is 0.0300. The number of rotatable bonds is 3. The van der Waals surface area contributed by atoms with Crippen LogP contribution in [0.1, 0.15) is 18.2 Å². The van der Waals surface area contributed by atoms with Gasteiger partial charge < -0.3 is 15.6 Å². The van der Waals surface area contributed by atoms with E-state index in [9.17, 15) is 27.9 Å². The molecule has 9 heteroatoms. The van der Waals surface area contributed by atoms with Gasteiger partial charge in [0.05, 0.1) is 11.8 Å². The average Bonchev–Trinajstić information content (AvgIpc) is 2.98. The van der Waals surface area contributed by atoms with E-state index in [0.717, 1.165) is 18.2 Å². The van der Waals surface area contributed by atoms with Crippen LogP contribution in [-0.2, 0) is 11.0 Å². The summed E-state index contributed by atoms with van der Waals surface area (Å²) in [7, 11) is 0. The summed E-state index contributed by atoms with van der Waals surface area (Å²) in [5.41, 5.74) is 0.239. The summed E-state index contributed by atoms with van der Waals surface area (Å²) >= 11 is 0. The van der Waals surface area contributed by atoms with E-state index >= 15 is 0 Å². The lowest BCUT2D eigenvalue weighted by Gasteiger charge is -2.29. The number of fused-ring (bicyclic) bond motifs is 1. The molecule has 2 heterocycles. The number of alkyl halides is 3. The Labute approximate surface area is 152 Å². The molecule has 2 aromatic rings. The number of pyridine rings is 1. The van der Waals surface area contributed by atoms with Gasteiger partial charge in [-0.15, -0.1) is 0 Å². The standard InChI is InChI=1S/C18H15F4N3O2/c1-16(7-23)9-27-15-12(16)6-13(17(26,8-24)18(20,21)22)25-14(15)10-2-4-11(19)5-3-10/h2-6,26H,8-9,24H2,1H3. The van der Waals surface area contributed by atoms with Gasteiger partial charge in [0, 0.05) is 17.7 Å². The minimum atomic E-state index is -5.09. The minimum Gasteiger partial charge on any atom is -0.489 e. The predicted octanol–water partition coefficient (Wildman–Crippen LogP) is 2.77. The highest BCUT2D eigenvalue weighted by atomic mass is 19.4. The Morgan fingerprint density at radius 3 is 2.48 bits per heavy atom. The molecule has 0 saturated carbocycles. The Bertz CT molecular complexity index is 924. The Kier molecular flexibility index (Phi) is 4.37. The molecule has 1 aromatic heterocycles. The van der Waals surface area contributed by atoms with Crippen LogP contribution in [0, 0.1) is 17.1 Å². The van der Waals surface area contributed by atoms with Crippen molar-refractivity contribution in [2.75, 3.05) is 13.2 Å². The van der Waals surface area contributed by atoms with Crippen molar-refractivity contribution >= 4 is 0 Å². The van der Waals surface area contributed by atoms with Crippen molar-refractivity contribution in [1.82, 2.24) is 4.98 Å². The van der Waals surface area contributed by atoms with Crippen LogP contribution in [0.25, 0.3) is 11.3 Å². The van der Waals surface area contributed by atoms with E-state index < -0.39 is 35.2 Å². The second-order valence-electron chi connectivity index (χ2n) is 6.53. The van der Waals surface area contributed by atoms with E-state index in [1.165, 1.54) is 19.1 Å². The number of halogens is 4. The lowest BCUT2D eigenvalue weighted by atomic mass is 9.83. The first-order valence-corrected chi connectivity index (χ1v) is 7.91. The first kappa shape index (κ1) is 19.1. The molecule has 3 N–H and O–H groups in total. The Balaban J connectivity index is 2.32. The molecule has 3 rings (SSSR count). The van der Waals surface area contributed by atoms with E-state index in [1.54, 1.807) is 0 Å². The number of benzene rings is 1. The SMILES string of the molecule is CC1(C#N)COc2c1cc(C(O)(CN)C(F)(F)F)nc2-c1ccc(F)cc1. The highest BCUT2D eigenvalue weighted by Gasteiger charge is 2.56. The monoisotopic (exact) mass is 381 g/mol. The number of ether oxygens (including phenoxy) is 1. The fourth-order valence-corrected chi connectivity index (χ4v) is 2.86. The zero-order valence-electron chi connectivity index (χ0n) is 14.1. The quantitative estimate of drug-likeness (QED) is 0.798. The number of nitrogens with zero attached hydrogens (tertiary/aromatic N) is 2. The van der Waals surface area contributed by atoms with Crippen LogP contribution >= 0.6 is 0 Å². The average molecular weight is 381 g/mol. The second kappa shape index (κ2) is 6.18. The van der Waals surface area contributed by atoms with Crippen molar-refractivity contribution < 1.29 is 27.4 Å². The molecule has 1 aliphatic rings. The third-order valence-electron chi connectivity index (χ3n) is 4.63. The van der Waals surface area contributed by atoms with Crippen LogP contribution in [0.5, 0.6) is 5.75 Å². The molecule has 0 amide bonds. The van der Waals surface area contributed by atoms with Gasteiger partial charge in [0.1, 0.15) is 23.5 Å². The molecule has 0 aliphatic carbocycles. The van der Waals surface area contributed by atoms with Gasteiger partial charge >= 0.3 is 6.18 Å². The number of hydrogen-bond donors (Lipinski definition) is 2. The third-order valence-corrected chi connectivity index (χ3v) is 4.63. The van der Waals surface area contributed by atoms with Gasteiger partial charge in [0.25, 0.3) is 0 Å². The molecule has 1 aromatic carbocycles. The molecule has 0 radical (unpaired) electrons. The Hall–Kier alpha value is -2.70. The van der Waals surface area contributed by atoms with Gasteiger partial charge in [-0.25, -0.2) is 9.37 Å². The highest BCUT2D eigenvalue weighted by molar-refractivity contribution is 5.71. The Morgan fingerprint density at radius 1 is 1.33 bits per heavy atom. The summed E-state index contributed by atoms with van der Waals surface area (Å²) < 4.78 is 59.2. The first-order chi connectivity index (χ1) is 12.6. The summed E-state index contributed by atoms with van der Waals surface area (Å²) in [6, 6.07) is 7.89. The molecule has 2 atom stereocenters. The molecule has 2 unspecified atom stereocenters. The van der Waals surface area contributed by atoms with Crippen molar-refractivity contribution in [2.24, 2.45) is 5.73 Å². The third kappa shape index (κ3) is 2.91. The van der Waals surface area contributed by atoms with Crippen LogP contribution in [0.2, 0.25) is 0 Å². The van der Waals surface area contributed by atoms with Gasteiger partial charge in [-0.3, -0.25) is 0 Å². The molecular formula is C18H15F4N3O2. The van der Waals surface area contributed by atoms with Crippen LogP contribution in [-0.4, -0.2) is 29.4 Å². The highest BCUT2D eigenvalue weighted by Crippen LogP contribution is 2.47. The summed E-state index contributed by atoms with van der Waals surface area (Å²) in [5.74, 6) is -0.418. The number of nitrogens with two attached hydrogens (primary N) is 1. The van der Waals surface area contributed by atoms with E-state index in [-0.39, 0.29) is 29.2 Å².